The van der Waals surface area contributed by atoms with Gasteiger partial charge in [0.15, 0.2) is 0 Å². The number of hydrogen-bond acceptors (Lipinski definition) is 6. The van der Waals surface area contributed by atoms with Gasteiger partial charge in [0, 0.05) is 31.1 Å². The number of rotatable bonds is 2. The fraction of sp³-hybridized carbons (Fsp3) is 0.917. The van der Waals surface area contributed by atoms with E-state index in [1.807, 2.05) is 7.05 Å². The molecule has 0 radical (unpaired) electrons. The van der Waals surface area contributed by atoms with E-state index in [4.69, 9.17) is 0 Å². The van der Waals surface area contributed by atoms with Gasteiger partial charge in [-0.05, 0) is 81.0 Å². The molecule has 4 fully saturated rings. The van der Waals surface area contributed by atoms with Crippen molar-refractivity contribution in [3.8, 4) is 0 Å². The van der Waals surface area contributed by atoms with E-state index in [0.717, 1.165) is 64.0 Å². The average molecular weight is 545 g/mol. The van der Waals surface area contributed by atoms with Gasteiger partial charge in [-0.25, -0.2) is 10.4 Å². The summed E-state index contributed by atoms with van der Waals surface area (Å²) in [5.41, 5.74) is 2.73. The molecule has 3 N–H and O–H groups in total. The summed E-state index contributed by atoms with van der Waals surface area (Å²) in [5, 5.41) is 27.0. The van der Waals surface area contributed by atoms with E-state index in [0.29, 0.717) is 23.7 Å². The maximum atomic E-state index is 12.2. The highest BCUT2D eigenvalue weighted by Crippen LogP contribution is 2.68. The quantitative estimate of drug-likeness (QED) is 0.282. The van der Waals surface area contributed by atoms with Gasteiger partial charge in [0.25, 0.3) is 0 Å². The Morgan fingerprint density at radius 3 is 2.65 bits per heavy atom. The number of aliphatic hydroxyl groups excluding tert-OH is 1. The Balaban J connectivity index is 0.00000231. The molecule has 176 valence electrons. The van der Waals surface area contributed by atoms with E-state index < -0.39 is 5.60 Å². The lowest BCUT2D eigenvalue weighted by Crippen LogP contribution is -2.62. The molecule has 0 aromatic rings. The maximum absolute atomic E-state index is 12.2. The minimum atomic E-state index is -0.585. The van der Waals surface area contributed by atoms with Crippen molar-refractivity contribution >= 4 is 36.2 Å². The molecule has 31 heavy (non-hydrogen) atoms. The highest BCUT2D eigenvalue weighted by atomic mass is 127. The number of likely N-dealkylation sites (N-methyl/N-ethyl adjacent to an activating group) is 1. The van der Waals surface area contributed by atoms with Gasteiger partial charge in [0.05, 0.1) is 18.2 Å². The van der Waals surface area contributed by atoms with Crippen LogP contribution in [0.1, 0.15) is 71.6 Å². The van der Waals surface area contributed by atoms with Crippen LogP contribution in [0.15, 0.2) is 10.1 Å². The Morgan fingerprint density at radius 2 is 1.90 bits per heavy atom. The molecule has 0 saturated heterocycles. The van der Waals surface area contributed by atoms with E-state index in [1.165, 1.54) is 12.8 Å². The molecule has 4 aliphatic carbocycles. The van der Waals surface area contributed by atoms with E-state index in [-0.39, 0.29) is 40.9 Å². The number of nitrogens with zero attached hydrogens (tertiary/aromatic N) is 3. The molecule has 0 unspecified atom stereocenters. The van der Waals surface area contributed by atoms with Crippen LogP contribution in [0.4, 0.5) is 0 Å². The number of fused-ring (bicyclic) bond motifs is 5. The number of halogens is 1. The van der Waals surface area contributed by atoms with Gasteiger partial charge in [-0.15, -0.1) is 24.0 Å². The summed E-state index contributed by atoms with van der Waals surface area (Å²) in [4.78, 5) is 6.54. The molecule has 5 aliphatic rings. The van der Waals surface area contributed by atoms with Crippen LogP contribution < -0.4 is 5.43 Å². The van der Waals surface area contributed by atoms with Crippen LogP contribution in [-0.2, 0) is 0 Å². The SMILES string of the molecule is CN1CCN=C1NN=C[C@H]1CC[C@]2(O)[C@@H]3CC[C@@H]4C[C@@H](O)CC[C@]4(C)[C@H]3CC[C@]12C.I. The number of aliphatic imine (C=N–C) groups is 1. The summed E-state index contributed by atoms with van der Waals surface area (Å²) in [6.45, 7) is 6.57. The first-order valence-corrected chi connectivity index (χ1v) is 12.2. The molecule has 7 heteroatoms. The molecule has 0 bridgehead atoms. The van der Waals surface area contributed by atoms with Crippen LogP contribution >= 0.6 is 24.0 Å². The third kappa shape index (κ3) is 3.56. The Bertz CT molecular complexity index is 747. The largest absolute Gasteiger partial charge is 0.393 e. The second-order valence-electron chi connectivity index (χ2n) is 11.5. The van der Waals surface area contributed by atoms with Crippen molar-refractivity contribution in [3.63, 3.8) is 0 Å². The summed E-state index contributed by atoms with van der Waals surface area (Å²) in [6.07, 6.45) is 11.5. The Kier molecular flexibility index (Phi) is 6.45. The summed E-state index contributed by atoms with van der Waals surface area (Å²) < 4.78 is 0. The summed E-state index contributed by atoms with van der Waals surface area (Å²) >= 11 is 0. The molecular formula is C24H41IN4O2. The smallest absolute Gasteiger partial charge is 0.214 e. The number of hydrazone groups is 1. The highest BCUT2D eigenvalue weighted by Gasteiger charge is 2.66. The molecule has 1 heterocycles. The Labute approximate surface area is 204 Å². The van der Waals surface area contributed by atoms with E-state index >= 15 is 0 Å². The average Bonchev–Trinajstić information content (AvgIpc) is 3.23. The van der Waals surface area contributed by atoms with Crippen molar-refractivity contribution in [1.29, 1.82) is 0 Å². The van der Waals surface area contributed by atoms with Crippen molar-refractivity contribution in [2.24, 2.45) is 44.6 Å². The van der Waals surface area contributed by atoms with Crippen molar-refractivity contribution in [2.75, 3.05) is 20.1 Å². The van der Waals surface area contributed by atoms with E-state index in [9.17, 15) is 10.2 Å². The van der Waals surface area contributed by atoms with Crippen molar-refractivity contribution in [1.82, 2.24) is 10.3 Å². The van der Waals surface area contributed by atoms with Gasteiger partial charge in [-0.3, -0.25) is 0 Å². The van der Waals surface area contributed by atoms with E-state index in [1.54, 1.807) is 0 Å². The molecule has 1 aliphatic heterocycles. The Morgan fingerprint density at radius 1 is 1.10 bits per heavy atom. The lowest BCUT2D eigenvalue weighted by molar-refractivity contribution is -0.206. The van der Waals surface area contributed by atoms with Crippen LogP contribution in [0.25, 0.3) is 0 Å². The van der Waals surface area contributed by atoms with Crippen molar-refractivity contribution in [2.45, 2.75) is 83.3 Å². The molecule has 8 atom stereocenters. The molecule has 6 nitrogen and oxygen atoms in total. The zero-order chi connectivity index (χ0) is 21.1. The third-order valence-electron chi connectivity index (χ3n) is 10.4. The predicted molar refractivity (Wildman–Crippen MR) is 135 cm³/mol. The summed E-state index contributed by atoms with van der Waals surface area (Å²) in [6, 6.07) is 0. The lowest BCUT2D eigenvalue weighted by atomic mass is 9.43. The Hall–Kier alpha value is -0.410. The highest BCUT2D eigenvalue weighted by molar-refractivity contribution is 14.0. The molecular weight excluding hydrogens is 503 g/mol. The topological polar surface area (TPSA) is 80.5 Å². The molecule has 0 aromatic heterocycles. The second-order valence-corrected chi connectivity index (χ2v) is 11.5. The minimum Gasteiger partial charge on any atom is -0.393 e. The number of nitrogens with one attached hydrogen (secondary N) is 1. The first-order chi connectivity index (χ1) is 14.3. The molecule has 0 amide bonds. The molecule has 5 rings (SSSR count). The standard InChI is InChI=1S/C24H40N4O2.HI/c1-22-9-7-18(29)14-16(22)4-5-20-19(22)8-10-23(2)17(6-11-24(20,23)30)15-26-27-21-25-12-13-28(21)3;/h15-20,29-30H,4-14H2,1-3H3,(H,25,27);1H/t16-,17-,18+,19+,20-,22+,23-,24+;/m1./s1. The summed E-state index contributed by atoms with van der Waals surface area (Å²) in [7, 11) is 2.03. The van der Waals surface area contributed by atoms with Crippen LogP contribution in [0.2, 0.25) is 0 Å². The second kappa shape index (κ2) is 8.42. The zero-order valence-electron chi connectivity index (χ0n) is 19.4. The normalized spacial score (nSPS) is 49.1. The first kappa shape index (κ1) is 23.7. The fourth-order valence-electron chi connectivity index (χ4n) is 8.32. The number of guanidine groups is 1. The maximum Gasteiger partial charge on any atom is 0.214 e. The van der Waals surface area contributed by atoms with Crippen LogP contribution in [0, 0.1) is 34.5 Å². The van der Waals surface area contributed by atoms with Crippen LogP contribution in [0.5, 0.6) is 0 Å². The fourth-order valence-corrected chi connectivity index (χ4v) is 8.32. The monoisotopic (exact) mass is 544 g/mol. The predicted octanol–water partition coefficient (Wildman–Crippen LogP) is 3.62. The third-order valence-corrected chi connectivity index (χ3v) is 10.4. The molecule has 0 spiro atoms. The van der Waals surface area contributed by atoms with Crippen molar-refractivity contribution < 1.29 is 10.2 Å². The van der Waals surface area contributed by atoms with Gasteiger partial charge < -0.3 is 15.1 Å². The van der Waals surface area contributed by atoms with Gasteiger partial charge in [0.2, 0.25) is 5.96 Å². The number of aliphatic hydroxyl groups is 2. The van der Waals surface area contributed by atoms with E-state index in [2.05, 4.69) is 40.5 Å². The first-order valence-electron chi connectivity index (χ1n) is 12.2. The van der Waals surface area contributed by atoms with Crippen LogP contribution in [-0.4, -0.2) is 59.1 Å². The van der Waals surface area contributed by atoms with Gasteiger partial charge in [0.1, 0.15) is 0 Å². The van der Waals surface area contributed by atoms with Crippen LogP contribution in [0.3, 0.4) is 0 Å². The lowest BCUT2D eigenvalue weighted by Gasteiger charge is -2.63. The van der Waals surface area contributed by atoms with Gasteiger partial charge >= 0.3 is 0 Å². The molecule has 0 aromatic carbocycles. The zero-order valence-corrected chi connectivity index (χ0v) is 21.7. The van der Waals surface area contributed by atoms with Gasteiger partial charge in [-0.2, -0.15) is 5.10 Å². The summed E-state index contributed by atoms with van der Waals surface area (Å²) in [5.74, 6) is 2.77. The van der Waals surface area contributed by atoms with Crippen molar-refractivity contribution in [3.05, 3.63) is 0 Å². The minimum absolute atomic E-state index is 0. The van der Waals surface area contributed by atoms with Gasteiger partial charge in [-0.1, -0.05) is 13.8 Å². The number of hydrogen-bond donors (Lipinski definition) is 3. The molecule has 4 saturated carbocycles.